The number of imide groups is 1. The first-order valence-corrected chi connectivity index (χ1v) is 11.1. The van der Waals surface area contributed by atoms with Crippen LogP contribution in [0.3, 0.4) is 0 Å². The van der Waals surface area contributed by atoms with Crippen molar-refractivity contribution >= 4 is 17.7 Å². The highest BCUT2D eigenvalue weighted by molar-refractivity contribution is 6.11. The standard InChI is InChI=1S/C26H24FN3O5/c1-14-5-7-18(11-20(14)27)30-15(2)9-19(16(30)3)21(31)12-29-24(32)26(4,28-25(29)33)17-6-8-22-23(10-17)35-13-34-22/h5-11H,12-13H2,1-4H3,(H,28,33)/t26-/m1/s1. The van der Waals surface area contributed by atoms with Crippen molar-refractivity contribution in [2.24, 2.45) is 0 Å². The minimum Gasteiger partial charge on any atom is -0.454 e. The molecular weight excluding hydrogens is 453 g/mol. The maximum atomic E-state index is 14.2. The zero-order valence-corrected chi connectivity index (χ0v) is 19.8. The molecule has 2 aromatic carbocycles. The van der Waals surface area contributed by atoms with E-state index >= 15 is 0 Å². The number of hydrogen-bond acceptors (Lipinski definition) is 5. The minimum absolute atomic E-state index is 0.0874. The van der Waals surface area contributed by atoms with Gasteiger partial charge in [-0.2, -0.15) is 0 Å². The summed E-state index contributed by atoms with van der Waals surface area (Å²) < 4.78 is 26.6. The van der Waals surface area contributed by atoms with Crippen molar-refractivity contribution in [3.05, 3.63) is 76.4 Å². The largest absolute Gasteiger partial charge is 0.454 e. The van der Waals surface area contributed by atoms with Gasteiger partial charge in [-0.1, -0.05) is 12.1 Å². The maximum Gasteiger partial charge on any atom is 0.325 e. The highest BCUT2D eigenvalue weighted by Gasteiger charge is 2.50. The second-order valence-corrected chi connectivity index (χ2v) is 8.99. The Morgan fingerprint density at radius 1 is 1.06 bits per heavy atom. The molecular formula is C26H24FN3O5. The van der Waals surface area contributed by atoms with Crippen molar-refractivity contribution < 1.29 is 28.2 Å². The highest BCUT2D eigenvalue weighted by atomic mass is 19.1. The first kappa shape index (κ1) is 22.6. The molecule has 0 saturated carbocycles. The van der Waals surface area contributed by atoms with Crippen LogP contribution in [0.1, 0.15) is 39.8 Å². The highest BCUT2D eigenvalue weighted by Crippen LogP contribution is 2.38. The van der Waals surface area contributed by atoms with Gasteiger partial charge in [-0.15, -0.1) is 0 Å². The number of aryl methyl sites for hydroxylation is 2. The molecule has 1 saturated heterocycles. The zero-order chi connectivity index (χ0) is 25.1. The van der Waals surface area contributed by atoms with E-state index in [9.17, 15) is 18.8 Å². The number of amides is 3. The molecule has 1 N–H and O–H groups in total. The van der Waals surface area contributed by atoms with E-state index in [4.69, 9.17) is 9.47 Å². The normalized spacial score (nSPS) is 18.8. The van der Waals surface area contributed by atoms with Gasteiger partial charge >= 0.3 is 6.03 Å². The number of ether oxygens (including phenoxy) is 2. The van der Waals surface area contributed by atoms with Gasteiger partial charge in [0.15, 0.2) is 17.3 Å². The van der Waals surface area contributed by atoms with E-state index in [0.717, 1.165) is 10.6 Å². The third kappa shape index (κ3) is 3.54. The number of carbonyl (C=O) groups is 3. The molecule has 0 spiro atoms. The number of hydrogen-bond donors (Lipinski definition) is 1. The number of nitrogens with one attached hydrogen (secondary N) is 1. The van der Waals surface area contributed by atoms with Gasteiger partial charge in [-0.05, 0) is 69.2 Å². The molecule has 3 heterocycles. The van der Waals surface area contributed by atoms with Gasteiger partial charge in [0.25, 0.3) is 5.91 Å². The van der Waals surface area contributed by atoms with Crippen LogP contribution < -0.4 is 14.8 Å². The summed E-state index contributed by atoms with van der Waals surface area (Å²) in [6.07, 6.45) is 0. The number of carbonyl (C=O) groups excluding carboxylic acids is 3. The lowest BCUT2D eigenvalue weighted by Crippen LogP contribution is -2.41. The number of rotatable bonds is 5. The van der Waals surface area contributed by atoms with Gasteiger partial charge in [0.05, 0.1) is 6.54 Å². The van der Waals surface area contributed by atoms with E-state index in [1.54, 1.807) is 61.7 Å². The summed E-state index contributed by atoms with van der Waals surface area (Å²) >= 11 is 0. The first-order valence-electron chi connectivity index (χ1n) is 11.1. The number of halogens is 1. The van der Waals surface area contributed by atoms with Gasteiger partial charge in [0.2, 0.25) is 6.79 Å². The molecule has 1 fully saturated rings. The molecule has 1 aromatic heterocycles. The number of urea groups is 1. The summed E-state index contributed by atoms with van der Waals surface area (Å²) in [6.45, 7) is 6.50. The fourth-order valence-corrected chi connectivity index (χ4v) is 4.64. The second kappa shape index (κ2) is 7.97. The van der Waals surface area contributed by atoms with E-state index < -0.39 is 29.8 Å². The maximum absolute atomic E-state index is 14.2. The number of nitrogens with zero attached hydrogens (tertiary/aromatic N) is 2. The third-order valence-corrected chi connectivity index (χ3v) is 6.67. The van der Waals surface area contributed by atoms with Crippen LogP contribution in [0.15, 0.2) is 42.5 Å². The molecule has 0 radical (unpaired) electrons. The Labute approximate surface area is 201 Å². The lowest BCUT2D eigenvalue weighted by Gasteiger charge is -2.22. The van der Waals surface area contributed by atoms with Gasteiger partial charge < -0.3 is 19.4 Å². The van der Waals surface area contributed by atoms with Crippen LogP contribution in [0.5, 0.6) is 11.5 Å². The SMILES string of the molecule is Cc1ccc(-n2c(C)cc(C(=O)CN3C(=O)N[C@](C)(c4ccc5c(c4)OCO5)C3=O)c2C)cc1F. The Kier molecular flexibility index (Phi) is 5.16. The van der Waals surface area contributed by atoms with Gasteiger partial charge in [-0.3, -0.25) is 14.5 Å². The minimum atomic E-state index is -1.35. The summed E-state index contributed by atoms with van der Waals surface area (Å²) in [6, 6.07) is 10.9. The van der Waals surface area contributed by atoms with E-state index in [1.807, 2.05) is 6.92 Å². The Morgan fingerprint density at radius 2 is 1.80 bits per heavy atom. The average molecular weight is 477 g/mol. The van der Waals surface area contributed by atoms with Crippen LogP contribution in [-0.2, 0) is 10.3 Å². The Balaban J connectivity index is 1.41. The summed E-state index contributed by atoms with van der Waals surface area (Å²) in [5.41, 5.74) is 1.98. The van der Waals surface area contributed by atoms with E-state index in [1.165, 1.54) is 6.07 Å². The molecule has 3 amide bonds. The predicted molar refractivity (Wildman–Crippen MR) is 124 cm³/mol. The number of Topliss-reactive ketones (excluding diaryl/α,β-unsaturated/α-hetero) is 1. The molecule has 2 aliphatic rings. The molecule has 180 valence electrons. The van der Waals surface area contributed by atoms with E-state index in [2.05, 4.69) is 5.32 Å². The van der Waals surface area contributed by atoms with Gasteiger partial charge in [-0.25, -0.2) is 9.18 Å². The molecule has 3 aromatic rings. The van der Waals surface area contributed by atoms with Crippen LogP contribution in [0.4, 0.5) is 9.18 Å². The second-order valence-electron chi connectivity index (χ2n) is 8.99. The molecule has 8 nitrogen and oxygen atoms in total. The van der Waals surface area contributed by atoms with Crippen LogP contribution >= 0.6 is 0 Å². The lowest BCUT2D eigenvalue weighted by atomic mass is 9.91. The van der Waals surface area contributed by atoms with Crippen LogP contribution in [0, 0.1) is 26.6 Å². The molecule has 1 atom stereocenters. The fraction of sp³-hybridized carbons (Fsp3) is 0.269. The molecule has 0 aliphatic carbocycles. The van der Waals surface area contributed by atoms with Crippen molar-refractivity contribution in [2.75, 3.05) is 13.3 Å². The number of aromatic nitrogens is 1. The van der Waals surface area contributed by atoms with E-state index in [0.29, 0.717) is 39.6 Å². The average Bonchev–Trinajstić information content (AvgIpc) is 3.47. The van der Waals surface area contributed by atoms with Crippen molar-refractivity contribution in [2.45, 2.75) is 33.2 Å². The van der Waals surface area contributed by atoms with Gasteiger partial charge in [0.1, 0.15) is 11.4 Å². The summed E-state index contributed by atoms with van der Waals surface area (Å²) in [4.78, 5) is 40.2. The summed E-state index contributed by atoms with van der Waals surface area (Å²) in [5.74, 6) is -0.227. The molecule has 5 rings (SSSR count). The third-order valence-electron chi connectivity index (χ3n) is 6.67. The van der Waals surface area contributed by atoms with Crippen LogP contribution in [-0.4, -0.2) is 40.5 Å². The topological polar surface area (TPSA) is 89.9 Å². The monoisotopic (exact) mass is 477 g/mol. The van der Waals surface area contributed by atoms with Crippen molar-refractivity contribution in [3.63, 3.8) is 0 Å². The Bertz CT molecular complexity index is 1410. The molecule has 35 heavy (non-hydrogen) atoms. The molecule has 0 bridgehead atoms. The number of fused-ring (bicyclic) bond motifs is 1. The van der Waals surface area contributed by atoms with Crippen LogP contribution in [0.25, 0.3) is 5.69 Å². The first-order chi connectivity index (χ1) is 16.6. The Morgan fingerprint density at radius 3 is 2.54 bits per heavy atom. The smallest absolute Gasteiger partial charge is 0.325 e. The fourth-order valence-electron chi connectivity index (χ4n) is 4.64. The number of benzene rings is 2. The lowest BCUT2D eigenvalue weighted by molar-refractivity contribution is -0.130. The Hall–Kier alpha value is -4.14. The summed E-state index contributed by atoms with van der Waals surface area (Å²) in [5, 5.41) is 2.70. The van der Waals surface area contributed by atoms with E-state index in [-0.39, 0.29) is 12.6 Å². The number of ketones is 1. The predicted octanol–water partition coefficient (Wildman–Crippen LogP) is 3.92. The quantitative estimate of drug-likeness (QED) is 0.445. The molecule has 9 heteroatoms. The molecule has 2 aliphatic heterocycles. The zero-order valence-electron chi connectivity index (χ0n) is 19.8. The van der Waals surface area contributed by atoms with Crippen molar-refractivity contribution in [1.29, 1.82) is 0 Å². The van der Waals surface area contributed by atoms with Gasteiger partial charge in [0, 0.05) is 22.6 Å². The van der Waals surface area contributed by atoms with Crippen molar-refractivity contribution in [3.8, 4) is 17.2 Å². The van der Waals surface area contributed by atoms with Crippen LogP contribution in [0.2, 0.25) is 0 Å². The summed E-state index contributed by atoms with van der Waals surface area (Å²) in [7, 11) is 0. The van der Waals surface area contributed by atoms with Crippen molar-refractivity contribution in [1.82, 2.24) is 14.8 Å². The molecule has 0 unspecified atom stereocenters.